The van der Waals surface area contributed by atoms with E-state index < -0.39 is 0 Å². The molecule has 0 aliphatic rings. The molecule has 0 aliphatic carbocycles. The zero-order valence-electron chi connectivity index (χ0n) is 33.1. The second-order valence-electron chi connectivity index (χ2n) is 15.7. The van der Waals surface area contributed by atoms with Gasteiger partial charge in [-0.3, -0.25) is 0 Å². The quantitative estimate of drug-likeness (QED) is 0.160. The number of hydrogen-bond acceptors (Lipinski definition) is 3. The molecule has 61 heavy (non-hydrogen) atoms. The molecule has 0 amide bonds. The summed E-state index contributed by atoms with van der Waals surface area (Å²) in [5, 5.41) is 7.36. The van der Waals surface area contributed by atoms with Crippen molar-refractivity contribution in [1.29, 1.82) is 0 Å². The first-order valence-corrected chi connectivity index (χ1v) is 21.5. The number of rotatable bonds is 7. The Morgan fingerprint density at radius 3 is 1.82 bits per heavy atom. The predicted octanol–water partition coefficient (Wildman–Crippen LogP) is 17.2. The molecule has 2 nitrogen and oxygen atoms in total. The number of para-hydroxylation sites is 3. The summed E-state index contributed by atoms with van der Waals surface area (Å²) < 4.78 is 9.25. The van der Waals surface area contributed by atoms with E-state index in [1.807, 2.05) is 17.4 Å². The lowest BCUT2D eigenvalue weighted by atomic mass is 9.96. The summed E-state index contributed by atoms with van der Waals surface area (Å²) in [5.74, 6) is 0. The van der Waals surface area contributed by atoms with E-state index in [1.54, 1.807) is 0 Å². The van der Waals surface area contributed by atoms with Crippen LogP contribution in [-0.2, 0) is 0 Å². The second kappa shape index (κ2) is 14.5. The van der Waals surface area contributed by atoms with Crippen LogP contribution in [0.5, 0.6) is 0 Å². The molecule has 0 atom stereocenters. The average molecular weight is 796 g/mol. The van der Waals surface area contributed by atoms with Crippen LogP contribution in [0.2, 0.25) is 0 Å². The van der Waals surface area contributed by atoms with Crippen LogP contribution in [0.3, 0.4) is 0 Å². The smallest absolute Gasteiger partial charge is 0.143 e. The van der Waals surface area contributed by atoms with Gasteiger partial charge in [0, 0.05) is 53.4 Å². The highest BCUT2D eigenvalue weighted by molar-refractivity contribution is 7.25. The van der Waals surface area contributed by atoms with Crippen molar-refractivity contribution in [2.75, 3.05) is 4.90 Å². The number of hydrogen-bond donors (Lipinski definition) is 0. The minimum absolute atomic E-state index is 0.891. The summed E-state index contributed by atoms with van der Waals surface area (Å²) >= 11 is 1.86. The van der Waals surface area contributed by atoms with E-state index in [4.69, 9.17) is 4.42 Å². The summed E-state index contributed by atoms with van der Waals surface area (Å²) in [5.41, 5.74) is 14.2. The fourth-order valence-corrected chi connectivity index (χ4v) is 10.2. The third-order valence-electron chi connectivity index (χ3n) is 12.1. The van der Waals surface area contributed by atoms with Gasteiger partial charge in [0.25, 0.3) is 0 Å². The molecule has 2 aromatic heterocycles. The molecule has 3 heteroatoms. The van der Waals surface area contributed by atoms with Crippen molar-refractivity contribution in [3.05, 3.63) is 224 Å². The van der Waals surface area contributed by atoms with Crippen molar-refractivity contribution >= 4 is 81.3 Å². The van der Waals surface area contributed by atoms with Crippen molar-refractivity contribution in [3.8, 4) is 44.5 Å². The van der Waals surface area contributed by atoms with E-state index in [9.17, 15) is 0 Å². The second-order valence-corrected chi connectivity index (χ2v) is 16.8. The van der Waals surface area contributed by atoms with Crippen LogP contribution >= 0.6 is 11.3 Å². The molecule has 0 aliphatic heterocycles. The summed E-state index contributed by atoms with van der Waals surface area (Å²) in [4.78, 5) is 2.40. The van der Waals surface area contributed by atoms with Gasteiger partial charge in [0.1, 0.15) is 11.2 Å². The molecule has 10 aromatic carbocycles. The van der Waals surface area contributed by atoms with Crippen LogP contribution < -0.4 is 4.90 Å². The van der Waals surface area contributed by atoms with Gasteiger partial charge >= 0.3 is 0 Å². The molecule has 0 saturated carbocycles. The van der Waals surface area contributed by atoms with Gasteiger partial charge in [0.15, 0.2) is 0 Å². The Morgan fingerprint density at radius 1 is 0.328 bits per heavy atom. The minimum atomic E-state index is 0.891. The number of fused-ring (bicyclic) bond motifs is 7. The molecule has 0 fully saturated rings. The number of nitrogens with zero attached hydrogens (tertiary/aromatic N) is 1. The van der Waals surface area contributed by atoms with Crippen molar-refractivity contribution in [1.82, 2.24) is 0 Å². The molecule has 286 valence electrons. The Morgan fingerprint density at radius 2 is 0.934 bits per heavy atom. The molecule has 0 spiro atoms. The van der Waals surface area contributed by atoms with E-state index in [-0.39, 0.29) is 0 Å². The summed E-state index contributed by atoms with van der Waals surface area (Å²) in [7, 11) is 0. The lowest BCUT2D eigenvalue weighted by molar-refractivity contribution is 0.670. The topological polar surface area (TPSA) is 16.4 Å². The first-order valence-electron chi connectivity index (χ1n) is 20.7. The van der Waals surface area contributed by atoms with E-state index >= 15 is 0 Å². The maximum absolute atomic E-state index is 6.63. The first-order chi connectivity index (χ1) is 30.2. The summed E-state index contributed by atoms with van der Waals surface area (Å²) in [6.07, 6.45) is 0. The molecular formula is C58H37NOS. The summed E-state index contributed by atoms with van der Waals surface area (Å²) in [6.45, 7) is 0. The molecule has 0 unspecified atom stereocenters. The van der Waals surface area contributed by atoms with Crippen LogP contribution in [0.1, 0.15) is 0 Å². The Labute approximate surface area is 357 Å². The van der Waals surface area contributed by atoms with Crippen molar-refractivity contribution < 1.29 is 4.42 Å². The van der Waals surface area contributed by atoms with Gasteiger partial charge in [-0.1, -0.05) is 164 Å². The van der Waals surface area contributed by atoms with Crippen LogP contribution in [0.15, 0.2) is 229 Å². The molecule has 0 saturated heterocycles. The summed E-state index contributed by atoms with van der Waals surface area (Å²) in [6, 6.07) is 81.2. The Bertz CT molecular complexity index is 3610. The van der Waals surface area contributed by atoms with Crippen LogP contribution in [0, 0.1) is 0 Å². The monoisotopic (exact) mass is 795 g/mol. The predicted molar refractivity (Wildman–Crippen MR) is 261 cm³/mol. The van der Waals surface area contributed by atoms with Crippen LogP contribution in [0.4, 0.5) is 17.1 Å². The fraction of sp³-hybridized carbons (Fsp3) is 0. The van der Waals surface area contributed by atoms with Gasteiger partial charge < -0.3 is 9.32 Å². The lowest BCUT2D eigenvalue weighted by Gasteiger charge is -2.28. The van der Waals surface area contributed by atoms with E-state index in [0.29, 0.717) is 0 Å². The molecule has 12 rings (SSSR count). The third-order valence-corrected chi connectivity index (χ3v) is 13.2. The van der Waals surface area contributed by atoms with Gasteiger partial charge in [0.05, 0.1) is 5.69 Å². The normalized spacial score (nSPS) is 11.6. The van der Waals surface area contributed by atoms with Gasteiger partial charge in [-0.15, -0.1) is 11.3 Å². The van der Waals surface area contributed by atoms with Crippen molar-refractivity contribution in [2.45, 2.75) is 0 Å². The third kappa shape index (κ3) is 6.18. The Hall–Kier alpha value is -7.72. The minimum Gasteiger partial charge on any atom is -0.455 e. The maximum atomic E-state index is 6.63. The van der Waals surface area contributed by atoms with Crippen LogP contribution in [-0.4, -0.2) is 0 Å². The molecule has 0 radical (unpaired) electrons. The van der Waals surface area contributed by atoms with E-state index in [0.717, 1.165) is 55.7 Å². The average Bonchev–Trinajstić information content (AvgIpc) is 3.90. The highest BCUT2D eigenvalue weighted by Crippen LogP contribution is 2.45. The van der Waals surface area contributed by atoms with Crippen molar-refractivity contribution in [2.24, 2.45) is 0 Å². The highest BCUT2D eigenvalue weighted by atomic mass is 32.1. The molecule has 12 aromatic rings. The largest absolute Gasteiger partial charge is 0.455 e. The Balaban J connectivity index is 0.993. The van der Waals surface area contributed by atoms with E-state index in [1.165, 1.54) is 58.8 Å². The molecule has 2 heterocycles. The lowest BCUT2D eigenvalue weighted by Crippen LogP contribution is -2.11. The van der Waals surface area contributed by atoms with Crippen LogP contribution in [0.25, 0.3) is 97.4 Å². The zero-order valence-corrected chi connectivity index (χ0v) is 33.9. The Kier molecular flexibility index (Phi) is 8.39. The number of anilines is 3. The van der Waals surface area contributed by atoms with E-state index in [2.05, 4.69) is 223 Å². The number of thiophene rings is 1. The molecular weight excluding hydrogens is 759 g/mol. The SMILES string of the molecule is c1cc(-c2cccc(N(c3ccc(-c4ccc5c(c4)sc4ccccc45)cc3)c3ccccc3-c3cccc4c3oc3ccccc34)c2)cc(-c2ccc3ccccc3c2)c1. The molecule has 0 N–H and O–H groups in total. The fourth-order valence-electron chi connectivity index (χ4n) is 9.06. The maximum Gasteiger partial charge on any atom is 0.143 e. The molecule has 0 bridgehead atoms. The first kappa shape index (κ1) is 35.2. The van der Waals surface area contributed by atoms with Gasteiger partial charge in [-0.05, 0) is 105 Å². The number of benzene rings is 10. The highest BCUT2D eigenvalue weighted by Gasteiger charge is 2.21. The van der Waals surface area contributed by atoms with Crippen molar-refractivity contribution in [3.63, 3.8) is 0 Å². The van der Waals surface area contributed by atoms with Gasteiger partial charge in [-0.25, -0.2) is 0 Å². The van der Waals surface area contributed by atoms with Gasteiger partial charge in [-0.2, -0.15) is 0 Å². The number of furan rings is 1. The van der Waals surface area contributed by atoms with Gasteiger partial charge in [0.2, 0.25) is 0 Å². The zero-order chi connectivity index (χ0) is 40.3. The standard InChI is InChI=1S/C58H37NOS/c1-2-13-40-34-44(27-26-38(40)12-1)42-15-9-14-41(35-42)43-16-10-17-47(36-43)59(46-31-28-39(29-32-46)45-30-33-51-50-20-5-8-25-56(50)61-57(51)37-45)54-23-6-3-18-48(54)52-21-11-22-53-49-19-4-7-24-55(49)60-58(52)53/h1-37H.